The van der Waals surface area contributed by atoms with Crippen molar-refractivity contribution in [1.29, 1.82) is 0 Å². The van der Waals surface area contributed by atoms with Crippen LogP contribution in [0.15, 0.2) is 24.3 Å². The molecule has 0 aromatic heterocycles. The van der Waals surface area contributed by atoms with Crippen molar-refractivity contribution in [3.63, 3.8) is 0 Å². The Morgan fingerprint density at radius 1 is 1.22 bits per heavy atom. The van der Waals surface area contributed by atoms with E-state index in [9.17, 15) is 22.8 Å². The maximum Gasteiger partial charge on any atom is 0.416 e. The molecule has 2 N–H and O–H groups in total. The molecule has 1 atom stereocenters. The maximum absolute atomic E-state index is 12.4. The summed E-state index contributed by atoms with van der Waals surface area (Å²) in [6.45, 7) is 1.01. The fraction of sp³-hybridized carbons (Fsp3) is 0.429. The third kappa shape index (κ3) is 6.15. The highest BCUT2D eigenvalue weighted by Gasteiger charge is 2.30. The second kappa shape index (κ2) is 7.82. The number of hydrogen-bond donors (Lipinski definition) is 1. The Morgan fingerprint density at radius 2 is 1.78 bits per heavy atom. The van der Waals surface area contributed by atoms with E-state index < -0.39 is 30.6 Å². The first-order chi connectivity index (χ1) is 10.6. The van der Waals surface area contributed by atoms with E-state index in [0.717, 1.165) is 29.2 Å². The number of benzene rings is 1. The van der Waals surface area contributed by atoms with Gasteiger partial charge >= 0.3 is 18.2 Å². The van der Waals surface area contributed by atoms with Crippen LogP contribution < -0.4 is 10.6 Å². The first-order valence-electron chi connectivity index (χ1n) is 6.60. The van der Waals surface area contributed by atoms with E-state index in [1.165, 1.54) is 7.05 Å². The fourth-order valence-corrected chi connectivity index (χ4v) is 1.54. The van der Waals surface area contributed by atoms with Crippen LogP contribution in [0.2, 0.25) is 0 Å². The molecule has 0 aliphatic heterocycles. The number of nitrogens with two attached hydrogens (primary N) is 1. The number of carbonyl (C=O) groups excluding carboxylic acids is 2. The summed E-state index contributed by atoms with van der Waals surface area (Å²) in [5.41, 5.74) is 4.77. The zero-order chi connectivity index (χ0) is 17.6. The number of ether oxygens (including phenoxy) is 2. The van der Waals surface area contributed by atoms with Gasteiger partial charge in [0, 0.05) is 18.8 Å². The number of anilines is 1. The van der Waals surface area contributed by atoms with Gasteiger partial charge in [0.15, 0.2) is 0 Å². The third-order valence-electron chi connectivity index (χ3n) is 2.75. The Balaban J connectivity index is 2.52. The Hall–Kier alpha value is -2.29. The van der Waals surface area contributed by atoms with E-state index >= 15 is 0 Å². The van der Waals surface area contributed by atoms with Crippen molar-refractivity contribution in [2.24, 2.45) is 5.73 Å². The van der Waals surface area contributed by atoms with Gasteiger partial charge in [-0.3, -0.25) is 9.69 Å². The Labute approximate surface area is 130 Å². The standard InChI is InChI=1S/C14H17F3N2O4/c1-9(18)7-12(20)22-8-23-13(21)19(2)11-5-3-10(4-6-11)14(15,16)17/h3-6,9H,7-8,18H2,1-2H3. The van der Waals surface area contributed by atoms with E-state index in [0.29, 0.717) is 0 Å². The summed E-state index contributed by atoms with van der Waals surface area (Å²) in [6.07, 6.45) is -5.35. The molecule has 1 amide bonds. The largest absolute Gasteiger partial charge is 0.428 e. The van der Waals surface area contributed by atoms with Crippen LogP contribution in [0.25, 0.3) is 0 Å². The van der Waals surface area contributed by atoms with Gasteiger partial charge in [-0.1, -0.05) is 0 Å². The normalized spacial score (nSPS) is 12.4. The Kier molecular flexibility index (Phi) is 6.38. The van der Waals surface area contributed by atoms with Crippen molar-refractivity contribution in [3.8, 4) is 0 Å². The second-order valence-corrected chi connectivity index (χ2v) is 4.83. The van der Waals surface area contributed by atoms with Crippen LogP contribution in [0.5, 0.6) is 0 Å². The highest BCUT2D eigenvalue weighted by Crippen LogP contribution is 2.30. The molecule has 1 aromatic rings. The number of nitrogens with zero attached hydrogens (tertiary/aromatic N) is 1. The summed E-state index contributed by atoms with van der Waals surface area (Å²) >= 11 is 0. The van der Waals surface area contributed by atoms with Crippen LogP contribution in [0.1, 0.15) is 18.9 Å². The molecule has 0 bridgehead atoms. The SMILES string of the molecule is CC(N)CC(=O)OCOC(=O)N(C)c1ccc(C(F)(F)F)cc1. The molecule has 0 aliphatic carbocycles. The topological polar surface area (TPSA) is 81.9 Å². The average Bonchev–Trinajstić information content (AvgIpc) is 2.44. The summed E-state index contributed by atoms with van der Waals surface area (Å²) in [7, 11) is 1.31. The number of alkyl halides is 3. The number of carbonyl (C=O) groups is 2. The number of esters is 1. The lowest BCUT2D eigenvalue weighted by molar-refractivity contribution is -0.152. The molecule has 1 unspecified atom stereocenters. The number of rotatable bonds is 5. The van der Waals surface area contributed by atoms with Gasteiger partial charge in [-0.25, -0.2) is 4.79 Å². The van der Waals surface area contributed by atoms with Crippen LogP contribution in [-0.2, 0) is 20.4 Å². The highest BCUT2D eigenvalue weighted by molar-refractivity contribution is 5.87. The zero-order valence-electron chi connectivity index (χ0n) is 12.6. The number of hydrogen-bond acceptors (Lipinski definition) is 5. The molecule has 128 valence electrons. The summed E-state index contributed by atoms with van der Waals surface area (Å²) in [6, 6.07) is 3.58. The number of amides is 1. The first kappa shape index (κ1) is 18.8. The van der Waals surface area contributed by atoms with Crippen LogP contribution >= 0.6 is 0 Å². The first-order valence-corrected chi connectivity index (χ1v) is 6.60. The monoisotopic (exact) mass is 334 g/mol. The molecule has 23 heavy (non-hydrogen) atoms. The van der Waals surface area contributed by atoms with Gasteiger partial charge in [-0.2, -0.15) is 13.2 Å². The predicted octanol–water partition coefficient (Wildman–Crippen LogP) is 2.52. The summed E-state index contributed by atoms with van der Waals surface area (Å²) < 4.78 is 46.7. The molecule has 0 fully saturated rings. The third-order valence-corrected chi connectivity index (χ3v) is 2.75. The molecule has 0 saturated carbocycles. The van der Waals surface area contributed by atoms with Gasteiger partial charge in [-0.05, 0) is 31.2 Å². The van der Waals surface area contributed by atoms with E-state index in [-0.39, 0.29) is 18.2 Å². The van der Waals surface area contributed by atoms with Crippen molar-refractivity contribution in [2.75, 3.05) is 18.7 Å². The van der Waals surface area contributed by atoms with Gasteiger partial charge in [0.1, 0.15) is 0 Å². The van der Waals surface area contributed by atoms with Crippen molar-refractivity contribution < 1.29 is 32.2 Å². The molecule has 1 aromatic carbocycles. The molecule has 0 heterocycles. The van der Waals surface area contributed by atoms with Gasteiger partial charge < -0.3 is 15.2 Å². The quantitative estimate of drug-likeness (QED) is 0.661. The van der Waals surface area contributed by atoms with Crippen LogP contribution in [0.4, 0.5) is 23.7 Å². The van der Waals surface area contributed by atoms with E-state index in [2.05, 4.69) is 9.47 Å². The molecule has 9 heteroatoms. The van der Waals surface area contributed by atoms with Crippen LogP contribution in [0, 0.1) is 0 Å². The number of halogens is 3. The van der Waals surface area contributed by atoms with Gasteiger partial charge in [0.05, 0.1) is 12.0 Å². The van der Waals surface area contributed by atoms with Crippen molar-refractivity contribution in [2.45, 2.75) is 25.6 Å². The summed E-state index contributed by atoms with van der Waals surface area (Å²) in [5, 5.41) is 0. The van der Waals surface area contributed by atoms with E-state index in [1.807, 2.05) is 0 Å². The molecule has 6 nitrogen and oxygen atoms in total. The van der Waals surface area contributed by atoms with Crippen LogP contribution in [0.3, 0.4) is 0 Å². The van der Waals surface area contributed by atoms with Gasteiger partial charge in [0.2, 0.25) is 6.79 Å². The predicted molar refractivity (Wildman–Crippen MR) is 75.6 cm³/mol. The van der Waals surface area contributed by atoms with Gasteiger partial charge in [-0.15, -0.1) is 0 Å². The minimum Gasteiger partial charge on any atom is -0.428 e. The molecular weight excluding hydrogens is 317 g/mol. The summed E-state index contributed by atoms with van der Waals surface area (Å²) in [5.74, 6) is -0.620. The summed E-state index contributed by atoms with van der Waals surface area (Å²) in [4.78, 5) is 23.9. The molecule has 1 rings (SSSR count). The Morgan fingerprint density at radius 3 is 2.26 bits per heavy atom. The molecule has 0 saturated heterocycles. The molecular formula is C14H17F3N2O4. The molecule has 0 spiro atoms. The smallest absolute Gasteiger partial charge is 0.416 e. The van der Waals surface area contributed by atoms with Crippen molar-refractivity contribution in [1.82, 2.24) is 0 Å². The van der Waals surface area contributed by atoms with E-state index in [1.54, 1.807) is 6.92 Å². The lowest BCUT2D eigenvalue weighted by Gasteiger charge is -2.17. The lowest BCUT2D eigenvalue weighted by atomic mass is 10.2. The average molecular weight is 334 g/mol. The van der Waals surface area contributed by atoms with Crippen molar-refractivity contribution in [3.05, 3.63) is 29.8 Å². The lowest BCUT2D eigenvalue weighted by Crippen LogP contribution is -2.29. The minimum atomic E-state index is -4.45. The highest BCUT2D eigenvalue weighted by atomic mass is 19.4. The zero-order valence-corrected chi connectivity index (χ0v) is 12.6. The van der Waals surface area contributed by atoms with Crippen LogP contribution in [-0.4, -0.2) is 31.9 Å². The van der Waals surface area contributed by atoms with Gasteiger partial charge in [0.25, 0.3) is 0 Å². The Bertz CT molecular complexity index is 544. The maximum atomic E-state index is 12.4. The molecule has 0 radical (unpaired) electrons. The van der Waals surface area contributed by atoms with Crippen molar-refractivity contribution >= 4 is 17.7 Å². The minimum absolute atomic E-state index is 0.0215. The second-order valence-electron chi connectivity index (χ2n) is 4.83. The van der Waals surface area contributed by atoms with E-state index in [4.69, 9.17) is 5.73 Å². The fourth-order valence-electron chi connectivity index (χ4n) is 1.54. The molecule has 0 aliphatic rings.